The van der Waals surface area contributed by atoms with Crippen LogP contribution in [0.25, 0.3) is 10.8 Å². The minimum Gasteiger partial charge on any atom is -0.496 e. The van der Waals surface area contributed by atoms with Crippen molar-refractivity contribution in [2.45, 2.75) is 12.5 Å². The monoisotopic (exact) mass is 269 g/mol. The molecule has 0 radical (unpaired) electrons. The van der Waals surface area contributed by atoms with Gasteiger partial charge in [0.2, 0.25) is 0 Å². The number of ether oxygens (including phenoxy) is 2. The zero-order valence-corrected chi connectivity index (χ0v) is 11.3. The van der Waals surface area contributed by atoms with Crippen LogP contribution in [0.1, 0.15) is 12.7 Å². The molecule has 7 heteroatoms. The first-order chi connectivity index (χ1) is 8.56. The highest BCUT2D eigenvalue weighted by atomic mass is 32.1. The maximum absolute atomic E-state index is 6.04. The molecule has 98 valence electrons. The molecule has 0 saturated heterocycles. The van der Waals surface area contributed by atoms with E-state index in [9.17, 15) is 0 Å². The third-order valence-electron chi connectivity index (χ3n) is 2.40. The summed E-state index contributed by atoms with van der Waals surface area (Å²) in [6, 6.07) is 1.84. The average Bonchev–Trinajstić information content (AvgIpc) is 2.98. The number of aromatic nitrogens is 2. The minimum absolute atomic E-state index is 0.319. The van der Waals surface area contributed by atoms with Gasteiger partial charge in [-0.25, -0.2) is 0 Å². The SMILES string of the molecule is COCC(C)(N)c1noc(-c2cc(OC)cs2)n1. The van der Waals surface area contributed by atoms with Gasteiger partial charge in [-0.15, -0.1) is 11.3 Å². The fourth-order valence-electron chi connectivity index (χ4n) is 1.46. The summed E-state index contributed by atoms with van der Waals surface area (Å²) in [7, 11) is 3.19. The Kier molecular flexibility index (Phi) is 3.65. The van der Waals surface area contributed by atoms with Crippen molar-refractivity contribution in [3.63, 3.8) is 0 Å². The highest BCUT2D eigenvalue weighted by Crippen LogP contribution is 2.30. The first kappa shape index (κ1) is 13.0. The number of methoxy groups -OCH3 is 2. The molecule has 2 heterocycles. The Labute approximate surface area is 109 Å². The average molecular weight is 269 g/mol. The van der Waals surface area contributed by atoms with Gasteiger partial charge in [-0.05, 0) is 6.92 Å². The molecule has 0 aliphatic carbocycles. The fraction of sp³-hybridized carbons (Fsp3) is 0.455. The summed E-state index contributed by atoms with van der Waals surface area (Å²) in [5.41, 5.74) is 5.27. The van der Waals surface area contributed by atoms with Crippen LogP contribution >= 0.6 is 11.3 Å². The molecule has 0 amide bonds. The Balaban J connectivity index is 2.24. The van der Waals surface area contributed by atoms with Crippen LogP contribution in [0.2, 0.25) is 0 Å². The standard InChI is InChI=1S/C11H15N3O3S/c1-11(12,6-15-2)10-13-9(17-14-10)8-4-7(16-3)5-18-8/h4-5H,6,12H2,1-3H3. The lowest BCUT2D eigenvalue weighted by Gasteiger charge is -2.18. The molecule has 0 aliphatic heterocycles. The zero-order chi connectivity index (χ0) is 13.2. The van der Waals surface area contributed by atoms with E-state index in [-0.39, 0.29) is 0 Å². The number of hydrogen-bond acceptors (Lipinski definition) is 7. The highest BCUT2D eigenvalue weighted by molar-refractivity contribution is 7.13. The number of rotatable bonds is 5. The summed E-state index contributed by atoms with van der Waals surface area (Å²) in [4.78, 5) is 5.14. The van der Waals surface area contributed by atoms with Crippen LogP contribution in [0.3, 0.4) is 0 Å². The molecule has 0 aromatic carbocycles. The molecule has 18 heavy (non-hydrogen) atoms. The molecular formula is C11H15N3O3S. The molecule has 0 saturated carbocycles. The first-order valence-electron chi connectivity index (χ1n) is 5.31. The van der Waals surface area contributed by atoms with Gasteiger partial charge in [0, 0.05) is 18.6 Å². The first-order valence-corrected chi connectivity index (χ1v) is 6.19. The smallest absolute Gasteiger partial charge is 0.268 e. The Hall–Kier alpha value is -1.44. The van der Waals surface area contributed by atoms with Crippen molar-refractivity contribution in [1.82, 2.24) is 10.1 Å². The summed E-state index contributed by atoms with van der Waals surface area (Å²) < 4.78 is 15.3. The van der Waals surface area contributed by atoms with Gasteiger partial charge < -0.3 is 19.7 Å². The van der Waals surface area contributed by atoms with E-state index in [0.29, 0.717) is 18.3 Å². The van der Waals surface area contributed by atoms with E-state index in [1.165, 1.54) is 11.3 Å². The molecule has 2 aromatic rings. The summed E-state index contributed by atoms with van der Waals surface area (Å²) in [6.45, 7) is 2.11. The summed E-state index contributed by atoms with van der Waals surface area (Å²) in [5, 5.41) is 5.76. The Bertz CT molecular complexity index is 521. The normalized spacial score (nSPS) is 14.4. The van der Waals surface area contributed by atoms with Crippen LogP contribution in [0.15, 0.2) is 16.0 Å². The Morgan fingerprint density at radius 3 is 2.89 bits per heavy atom. The van der Waals surface area contributed by atoms with E-state index in [1.54, 1.807) is 21.1 Å². The van der Waals surface area contributed by atoms with Crippen LogP contribution in [0.5, 0.6) is 5.75 Å². The topological polar surface area (TPSA) is 83.4 Å². The third-order valence-corrected chi connectivity index (χ3v) is 3.30. The molecule has 6 nitrogen and oxygen atoms in total. The molecule has 0 bridgehead atoms. The van der Waals surface area contributed by atoms with Gasteiger partial charge in [-0.2, -0.15) is 4.98 Å². The van der Waals surface area contributed by atoms with Crippen LogP contribution in [0.4, 0.5) is 0 Å². The molecule has 1 atom stereocenters. The van der Waals surface area contributed by atoms with Crippen molar-refractivity contribution in [2.24, 2.45) is 5.73 Å². The molecule has 0 spiro atoms. The van der Waals surface area contributed by atoms with Crippen molar-refractivity contribution in [1.29, 1.82) is 0 Å². The molecule has 1 unspecified atom stereocenters. The molecule has 2 aromatic heterocycles. The number of thiophene rings is 1. The predicted molar refractivity (Wildman–Crippen MR) is 67.6 cm³/mol. The third kappa shape index (κ3) is 2.53. The predicted octanol–water partition coefficient (Wildman–Crippen LogP) is 1.63. The lowest BCUT2D eigenvalue weighted by Crippen LogP contribution is -2.38. The number of hydrogen-bond donors (Lipinski definition) is 1. The van der Waals surface area contributed by atoms with E-state index in [2.05, 4.69) is 10.1 Å². The van der Waals surface area contributed by atoms with Crippen LogP contribution in [0, 0.1) is 0 Å². The lowest BCUT2D eigenvalue weighted by atomic mass is 10.1. The Morgan fingerprint density at radius 1 is 1.50 bits per heavy atom. The van der Waals surface area contributed by atoms with E-state index >= 15 is 0 Å². The minimum atomic E-state index is -0.766. The van der Waals surface area contributed by atoms with Gasteiger partial charge in [0.1, 0.15) is 11.3 Å². The van der Waals surface area contributed by atoms with Crippen molar-refractivity contribution in [2.75, 3.05) is 20.8 Å². The van der Waals surface area contributed by atoms with E-state index in [1.807, 2.05) is 11.4 Å². The number of nitrogens with zero attached hydrogens (tertiary/aromatic N) is 2. The van der Waals surface area contributed by atoms with Gasteiger partial charge in [-0.1, -0.05) is 5.16 Å². The van der Waals surface area contributed by atoms with Crippen molar-refractivity contribution in [3.8, 4) is 16.5 Å². The second kappa shape index (κ2) is 5.05. The molecule has 2 rings (SSSR count). The highest BCUT2D eigenvalue weighted by Gasteiger charge is 2.28. The molecule has 0 aliphatic rings. The number of nitrogens with two attached hydrogens (primary N) is 1. The Morgan fingerprint density at radius 2 is 2.28 bits per heavy atom. The van der Waals surface area contributed by atoms with Gasteiger partial charge in [0.25, 0.3) is 5.89 Å². The zero-order valence-electron chi connectivity index (χ0n) is 10.5. The lowest BCUT2D eigenvalue weighted by molar-refractivity contribution is 0.135. The van der Waals surface area contributed by atoms with E-state index in [4.69, 9.17) is 19.7 Å². The van der Waals surface area contributed by atoms with Crippen molar-refractivity contribution >= 4 is 11.3 Å². The van der Waals surface area contributed by atoms with Gasteiger partial charge in [-0.3, -0.25) is 0 Å². The fourth-order valence-corrected chi connectivity index (χ4v) is 2.23. The summed E-state index contributed by atoms with van der Waals surface area (Å²) in [6.07, 6.45) is 0. The van der Waals surface area contributed by atoms with Gasteiger partial charge in [0.05, 0.1) is 18.6 Å². The molecular weight excluding hydrogens is 254 g/mol. The largest absolute Gasteiger partial charge is 0.496 e. The molecule has 2 N–H and O–H groups in total. The van der Waals surface area contributed by atoms with Gasteiger partial charge >= 0.3 is 0 Å². The van der Waals surface area contributed by atoms with E-state index < -0.39 is 5.54 Å². The summed E-state index contributed by atoms with van der Waals surface area (Å²) in [5.74, 6) is 1.62. The molecule has 0 fully saturated rings. The second-order valence-corrected chi connectivity index (χ2v) is 5.04. The van der Waals surface area contributed by atoms with Crippen molar-refractivity contribution < 1.29 is 14.0 Å². The maximum atomic E-state index is 6.04. The van der Waals surface area contributed by atoms with Crippen LogP contribution in [-0.2, 0) is 10.3 Å². The second-order valence-electron chi connectivity index (χ2n) is 4.12. The summed E-state index contributed by atoms with van der Waals surface area (Å²) >= 11 is 1.47. The van der Waals surface area contributed by atoms with Crippen LogP contribution < -0.4 is 10.5 Å². The van der Waals surface area contributed by atoms with Crippen molar-refractivity contribution in [3.05, 3.63) is 17.3 Å². The van der Waals surface area contributed by atoms with Gasteiger partial charge in [0.15, 0.2) is 5.82 Å². The quantitative estimate of drug-likeness (QED) is 0.888. The van der Waals surface area contributed by atoms with Crippen LogP contribution in [-0.4, -0.2) is 31.0 Å². The van der Waals surface area contributed by atoms with E-state index in [0.717, 1.165) is 10.6 Å². The maximum Gasteiger partial charge on any atom is 0.268 e.